The second-order valence-electron chi connectivity index (χ2n) is 5.84. The van der Waals surface area contributed by atoms with Crippen molar-refractivity contribution in [1.82, 2.24) is 20.0 Å². The number of carbonyl (C=O) groups excluding carboxylic acids is 1. The van der Waals surface area contributed by atoms with E-state index in [0.29, 0.717) is 5.69 Å². The van der Waals surface area contributed by atoms with Crippen LogP contribution in [0.1, 0.15) is 16.1 Å². The van der Waals surface area contributed by atoms with E-state index in [0.717, 1.165) is 0 Å². The molecule has 0 aliphatic heterocycles. The Morgan fingerprint density at radius 3 is 2.37 bits per heavy atom. The highest BCUT2D eigenvalue weighted by molar-refractivity contribution is 6.03. The fourth-order valence-corrected chi connectivity index (χ4v) is 2.56. The quantitative estimate of drug-likeness (QED) is 0.404. The summed E-state index contributed by atoms with van der Waals surface area (Å²) in [6.45, 7) is 1.50. The molecule has 0 saturated heterocycles. The average Bonchev–Trinajstić information content (AvgIpc) is 3.04. The fourth-order valence-electron chi connectivity index (χ4n) is 2.56. The van der Waals surface area contributed by atoms with Crippen molar-refractivity contribution in [2.45, 2.75) is 6.92 Å². The van der Waals surface area contributed by atoms with Crippen molar-refractivity contribution in [2.24, 2.45) is 0 Å². The van der Waals surface area contributed by atoms with Crippen LogP contribution in [0.5, 0.6) is 5.88 Å². The van der Waals surface area contributed by atoms with Crippen LogP contribution in [-0.4, -0.2) is 49.1 Å². The van der Waals surface area contributed by atoms with Gasteiger partial charge in [0.15, 0.2) is 11.6 Å². The van der Waals surface area contributed by atoms with Gasteiger partial charge in [0.25, 0.3) is 5.69 Å². The van der Waals surface area contributed by atoms with Gasteiger partial charge in [-0.15, -0.1) is 15.3 Å². The van der Waals surface area contributed by atoms with E-state index in [9.17, 15) is 24.8 Å². The standard InChI is InChI=1S/C17H15N7O6/c1-9-14(16(25)26)15(19-17(27)18-12-7-8-13(30-2)21-20-12)22-23(9)10-3-5-11(6-4-10)24(28)29/h3-8H,1-2H3,(H,25,26)(H2,18,19,20,22,27). The Balaban J connectivity index is 1.86. The maximum absolute atomic E-state index is 12.2. The van der Waals surface area contributed by atoms with E-state index in [-0.39, 0.29) is 34.5 Å². The van der Waals surface area contributed by atoms with Crippen molar-refractivity contribution < 1.29 is 24.4 Å². The largest absolute Gasteiger partial charge is 0.480 e. The zero-order chi connectivity index (χ0) is 21.8. The molecular weight excluding hydrogens is 398 g/mol. The smallest absolute Gasteiger partial charge is 0.341 e. The molecule has 2 aromatic heterocycles. The number of hydrogen-bond acceptors (Lipinski definition) is 8. The Labute approximate surface area is 168 Å². The second-order valence-corrected chi connectivity index (χ2v) is 5.84. The van der Waals surface area contributed by atoms with Crippen LogP contribution in [0.4, 0.5) is 22.1 Å². The molecule has 13 nitrogen and oxygen atoms in total. The number of methoxy groups -OCH3 is 1. The lowest BCUT2D eigenvalue weighted by Gasteiger charge is -2.05. The number of aromatic carboxylic acids is 1. The van der Waals surface area contributed by atoms with E-state index in [1.54, 1.807) is 0 Å². The minimum atomic E-state index is -1.31. The van der Waals surface area contributed by atoms with E-state index in [1.807, 2.05) is 0 Å². The number of nitro benzene ring substituents is 1. The number of non-ortho nitro benzene ring substituents is 1. The summed E-state index contributed by atoms with van der Waals surface area (Å²) in [5, 5.41) is 36.7. The van der Waals surface area contributed by atoms with Crippen molar-refractivity contribution in [2.75, 3.05) is 17.7 Å². The Bertz CT molecular complexity index is 1110. The molecule has 13 heteroatoms. The van der Waals surface area contributed by atoms with Gasteiger partial charge < -0.3 is 9.84 Å². The summed E-state index contributed by atoms with van der Waals surface area (Å²) in [7, 11) is 1.42. The Hall–Kier alpha value is -4.55. The summed E-state index contributed by atoms with van der Waals surface area (Å²) < 4.78 is 6.13. The summed E-state index contributed by atoms with van der Waals surface area (Å²) >= 11 is 0. The minimum absolute atomic E-state index is 0.108. The van der Waals surface area contributed by atoms with Gasteiger partial charge in [0, 0.05) is 18.2 Å². The van der Waals surface area contributed by atoms with Gasteiger partial charge >= 0.3 is 12.0 Å². The third-order valence-electron chi connectivity index (χ3n) is 3.96. The molecule has 0 radical (unpaired) electrons. The third-order valence-corrected chi connectivity index (χ3v) is 3.96. The highest BCUT2D eigenvalue weighted by atomic mass is 16.6. The molecule has 0 unspecified atom stereocenters. The summed E-state index contributed by atoms with van der Waals surface area (Å²) in [5.41, 5.74) is 0.246. The molecule has 2 heterocycles. The lowest BCUT2D eigenvalue weighted by atomic mass is 10.2. The van der Waals surface area contributed by atoms with Crippen LogP contribution >= 0.6 is 0 Å². The monoisotopic (exact) mass is 413 g/mol. The normalized spacial score (nSPS) is 10.3. The summed E-state index contributed by atoms with van der Waals surface area (Å²) in [6, 6.07) is 7.51. The molecule has 0 saturated carbocycles. The van der Waals surface area contributed by atoms with Crippen molar-refractivity contribution in [3.05, 3.63) is 57.8 Å². The van der Waals surface area contributed by atoms with E-state index in [4.69, 9.17) is 4.74 Å². The highest BCUT2D eigenvalue weighted by Crippen LogP contribution is 2.24. The van der Waals surface area contributed by atoms with Gasteiger partial charge in [-0.3, -0.25) is 20.7 Å². The van der Waals surface area contributed by atoms with Gasteiger partial charge in [0.2, 0.25) is 5.88 Å². The molecule has 1 aromatic carbocycles. The topological polar surface area (TPSA) is 174 Å². The van der Waals surface area contributed by atoms with Gasteiger partial charge in [-0.1, -0.05) is 0 Å². The number of nitro groups is 1. The zero-order valence-corrected chi connectivity index (χ0v) is 15.7. The number of amides is 2. The maximum Gasteiger partial charge on any atom is 0.341 e. The van der Waals surface area contributed by atoms with Crippen LogP contribution in [0.3, 0.4) is 0 Å². The Kier molecular flexibility index (Phi) is 5.53. The number of aromatic nitrogens is 4. The van der Waals surface area contributed by atoms with Gasteiger partial charge in [0.1, 0.15) is 5.56 Å². The highest BCUT2D eigenvalue weighted by Gasteiger charge is 2.23. The van der Waals surface area contributed by atoms with Crippen molar-refractivity contribution in [1.29, 1.82) is 0 Å². The minimum Gasteiger partial charge on any atom is -0.480 e. The molecule has 0 bridgehead atoms. The molecule has 3 rings (SSSR count). The van der Waals surface area contributed by atoms with E-state index in [2.05, 4.69) is 25.9 Å². The number of hydrogen-bond donors (Lipinski definition) is 3. The van der Waals surface area contributed by atoms with Gasteiger partial charge in [-0.2, -0.15) is 0 Å². The SMILES string of the molecule is COc1ccc(NC(=O)Nc2nn(-c3ccc([N+](=O)[O-])cc3)c(C)c2C(=O)O)nn1. The fraction of sp³-hybridized carbons (Fsp3) is 0.118. The van der Waals surface area contributed by atoms with Crippen LogP contribution in [0.25, 0.3) is 5.69 Å². The zero-order valence-electron chi connectivity index (χ0n) is 15.7. The molecule has 0 spiro atoms. The first kappa shape index (κ1) is 20.2. The molecular formula is C17H15N7O6. The second kappa shape index (κ2) is 8.22. The van der Waals surface area contributed by atoms with E-state index in [1.165, 1.54) is 55.1 Å². The first-order valence-corrected chi connectivity index (χ1v) is 8.33. The lowest BCUT2D eigenvalue weighted by Crippen LogP contribution is -2.22. The number of urea groups is 1. The number of benzene rings is 1. The predicted molar refractivity (Wildman–Crippen MR) is 103 cm³/mol. The molecule has 3 N–H and O–H groups in total. The number of ether oxygens (including phenoxy) is 1. The van der Waals surface area contributed by atoms with Crippen LogP contribution < -0.4 is 15.4 Å². The molecule has 0 aliphatic carbocycles. The number of carboxylic acids is 1. The Morgan fingerprint density at radius 2 is 1.83 bits per heavy atom. The summed E-state index contributed by atoms with van der Waals surface area (Å²) in [5.74, 6) is -1.15. The lowest BCUT2D eigenvalue weighted by molar-refractivity contribution is -0.384. The molecule has 0 atom stereocenters. The summed E-state index contributed by atoms with van der Waals surface area (Å²) in [6.07, 6.45) is 0. The van der Waals surface area contributed by atoms with Crippen molar-refractivity contribution in [3.63, 3.8) is 0 Å². The number of nitrogens with zero attached hydrogens (tertiary/aromatic N) is 5. The molecule has 30 heavy (non-hydrogen) atoms. The van der Waals surface area contributed by atoms with Crippen LogP contribution in [0.2, 0.25) is 0 Å². The number of anilines is 2. The Morgan fingerprint density at radius 1 is 1.13 bits per heavy atom. The average molecular weight is 413 g/mol. The summed E-state index contributed by atoms with van der Waals surface area (Å²) in [4.78, 5) is 34.2. The number of nitrogens with one attached hydrogen (secondary N) is 2. The number of rotatable bonds is 6. The molecule has 0 aliphatic rings. The van der Waals surface area contributed by atoms with E-state index >= 15 is 0 Å². The van der Waals surface area contributed by atoms with Crippen LogP contribution in [-0.2, 0) is 0 Å². The van der Waals surface area contributed by atoms with Gasteiger partial charge in [-0.05, 0) is 25.1 Å². The van der Waals surface area contributed by atoms with Gasteiger partial charge in [0.05, 0.1) is 23.4 Å². The molecule has 154 valence electrons. The third kappa shape index (κ3) is 4.14. The first-order valence-electron chi connectivity index (χ1n) is 8.33. The van der Waals surface area contributed by atoms with Crippen molar-refractivity contribution >= 4 is 29.3 Å². The number of carbonyl (C=O) groups is 2. The predicted octanol–water partition coefficient (Wildman–Crippen LogP) is 2.23. The van der Waals surface area contributed by atoms with Crippen LogP contribution in [0.15, 0.2) is 36.4 Å². The molecule has 0 fully saturated rings. The number of carboxylic acid groups (broad SMARTS) is 1. The van der Waals surface area contributed by atoms with Gasteiger partial charge in [-0.25, -0.2) is 14.3 Å². The maximum atomic E-state index is 12.2. The molecule has 3 aromatic rings. The van der Waals surface area contributed by atoms with Crippen molar-refractivity contribution in [3.8, 4) is 11.6 Å². The van der Waals surface area contributed by atoms with E-state index < -0.39 is 16.9 Å². The molecule has 2 amide bonds. The first-order chi connectivity index (χ1) is 14.3. The van der Waals surface area contributed by atoms with Crippen LogP contribution in [0, 0.1) is 17.0 Å².